The van der Waals surface area contributed by atoms with Gasteiger partial charge in [-0.15, -0.1) is 0 Å². The van der Waals surface area contributed by atoms with Crippen LogP contribution in [0, 0.1) is 23.4 Å². The standard InChI is InChI=1S/C27H26F3N3O5/c28-22-8-6-18(25(29)26(22)30)15-32-16-20-13-21(7-5-17(20)12-19(27(32)36)14-24(34)35)38-11-3-9-31-23-4-1-2-10-33(23)37/h1-2,4-8,10,13,19,37H,3,9,11-12,14-16H2,(H,34,35)/t19-/m0/s1. The highest BCUT2D eigenvalue weighted by Crippen LogP contribution is 2.30. The van der Waals surface area contributed by atoms with Crippen molar-refractivity contribution in [1.29, 1.82) is 0 Å². The van der Waals surface area contributed by atoms with Gasteiger partial charge in [-0.25, -0.2) is 13.2 Å². The second kappa shape index (κ2) is 11.8. The molecule has 1 aliphatic rings. The topological polar surface area (TPSA) is 104 Å². The van der Waals surface area contributed by atoms with Gasteiger partial charge in [0.05, 0.1) is 18.9 Å². The smallest absolute Gasteiger partial charge is 0.304 e. The molecule has 2 aromatic carbocycles. The number of carbonyl (C=O) groups is 2. The van der Waals surface area contributed by atoms with Crippen LogP contribution in [0.3, 0.4) is 0 Å². The summed E-state index contributed by atoms with van der Waals surface area (Å²) in [5.41, 5.74) is 1.63. The fourth-order valence-electron chi connectivity index (χ4n) is 4.33. The van der Waals surface area contributed by atoms with Crippen molar-refractivity contribution in [2.45, 2.75) is 32.4 Å². The number of nitrogens with zero attached hydrogens (tertiary/aromatic N) is 3. The van der Waals surface area contributed by atoms with Gasteiger partial charge >= 0.3 is 5.97 Å². The summed E-state index contributed by atoms with van der Waals surface area (Å²) >= 11 is 0. The Labute approximate surface area is 216 Å². The maximum absolute atomic E-state index is 14.4. The van der Waals surface area contributed by atoms with Gasteiger partial charge in [0.25, 0.3) is 0 Å². The molecule has 1 aromatic heterocycles. The Morgan fingerprint density at radius 3 is 2.66 bits per heavy atom. The molecule has 0 aliphatic carbocycles. The molecule has 0 unspecified atom stereocenters. The van der Waals surface area contributed by atoms with Gasteiger partial charge in [0.1, 0.15) is 5.75 Å². The summed E-state index contributed by atoms with van der Waals surface area (Å²) in [7, 11) is 0. The Kier molecular flexibility index (Phi) is 8.35. The maximum atomic E-state index is 14.4. The molecule has 3 aromatic rings. The SMILES string of the molecule is O=C(O)C[C@@H]1Cc2ccc(OCCCN=c3ccccn3O)cc2CN(Cc2ccc(F)c(F)c2F)C1=O. The molecule has 38 heavy (non-hydrogen) atoms. The molecular formula is C27H26F3N3O5. The number of hydrogen-bond donors (Lipinski definition) is 2. The highest BCUT2D eigenvalue weighted by atomic mass is 19.2. The number of rotatable bonds is 9. The van der Waals surface area contributed by atoms with E-state index >= 15 is 0 Å². The Morgan fingerprint density at radius 2 is 1.89 bits per heavy atom. The molecule has 0 bridgehead atoms. The van der Waals surface area contributed by atoms with Gasteiger partial charge in [-0.1, -0.05) is 18.2 Å². The van der Waals surface area contributed by atoms with E-state index in [1.807, 2.05) is 0 Å². The number of aliphatic carboxylic acids is 1. The van der Waals surface area contributed by atoms with Gasteiger partial charge in [0.15, 0.2) is 22.9 Å². The minimum Gasteiger partial charge on any atom is -0.494 e. The minimum absolute atomic E-state index is 0.0137. The summed E-state index contributed by atoms with van der Waals surface area (Å²) in [4.78, 5) is 30.1. The predicted octanol–water partition coefficient (Wildman–Crippen LogP) is 3.69. The van der Waals surface area contributed by atoms with E-state index in [9.17, 15) is 33.1 Å². The van der Waals surface area contributed by atoms with Gasteiger partial charge in [0.2, 0.25) is 5.91 Å². The quantitative estimate of drug-likeness (QED) is 0.250. The number of benzene rings is 2. The van der Waals surface area contributed by atoms with Crippen molar-refractivity contribution in [3.63, 3.8) is 0 Å². The molecule has 8 nitrogen and oxygen atoms in total. The predicted molar refractivity (Wildman–Crippen MR) is 129 cm³/mol. The van der Waals surface area contributed by atoms with E-state index < -0.39 is 41.7 Å². The zero-order valence-corrected chi connectivity index (χ0v) is 20.3. The first-order chi connectivity index (χ1) is 18.2. The number of fused-ring (bicyclic) bond motifs is 1. The largest absolute Gasteiger partial charge is 0.494 e. The summed E-state index contributed by atoms with van der Waals surface area (Å²) in [6.07, 6.45) is 1.77. The first-order valence-corrected chi connectivity index (χ1v) is 12.0. The van der Waals surface area contributed by atoms with Crippen LogP contribution in [0.2, 0.25) is 0 Å². The first kappa shape index (κ1) is 26.8. The molecule has 1 atom stereocenters. The average molecular weight is 530 g/mol. The number of aromatic nitrogens is 1. The highest BCUT2D eigenvalue weighted by molar-refractivity contribution is 5.84. The molecule has 0 spiro atoms. The molecule has 2 N–H and O–H groups in total. The summed E-state index contributed by atoms with van der Waals surface area (Å²) in [5.74, 6) is -6.40. The van der Waals surface area contributed by atoms with E-state index in [2.05, 4.69) is 4.99 Å². The number of carboxylic acids is 1. The van der Waals surface area contributed by atoms with Gasteiger partial charge in [-0.3, -0.25) is 14.6 Å². The van der Waals surface area contributed by atoms with Crippen molar-refractivity contribution in [1.82, 2.24) is 9.63 Å². The number of amides is 1. The lowest BCUT2D eigenvalue weighted by Gasteiger charge is -2.24. The number of ether oxygens (including phenoxy) is 1. The summed E-state index contributed by atoms with van der Waals surface area (Å²) in [6.45, 7) is 0.396. The highest BCUT2D eigenvalue weighted by Gasteiger charge is 2.32. The Morgan fingerprint density at radius 1 is 1.08 bits per heavy atom. The molecule has 1 aliphatic heterocycles. The second-order valence-corrected chi connectivity index (χ2v) is 8.95. The molecule has 1 amide bonds. The van der Waals surface area contributed by atoms with Crippen LogP contribution in [0.4, 0.5) is 13.2 Å². The third-order valence-electron chi connectivity index (χ3n) is 6.23. The van der Waals surface area contributed by atoms with Crippen molar-refractivity contribution in [3.8, 4) is 5.75 Å². The van der Waals surface area contributed by atoms with Crippen LogP contribution in [-0.4, -0.2) is 45.0 Å². The first-order valence-electron chi connectivity index (χ1n) is 12.0. The van der Waals surface area contributed by atoms with Crippen molar-refractivity contribution in [2.75, 3.05) is 13.2 Å². The van der Waals surface area contributed by atoms with Crippen LogP contribution < -0.4 is 10.2 Å². The normalized spacial score (nSPS) is 15.8. The van der Waals surface area contributed by atoms with Crippen LogP contribution in [0.25, 0.3) is 0 Å². The van der Waals surface area contributed by atoms with Gasteiger partial charge in [0, 0.05) is 37.8 Å². The van der Waals surface area contributed by atoms with Crippen LogP contribution in [0.1, 0.15) is 29.5 Å². The fraction of sp³-hybridized carbons (Fsp3) is 0.296. The zero-order valence-electron chi connectivity index (χ0n) is 20.3. The minimum atomic E-state index is -1.63. The van der Waals surface area contributed by atoms with Crippen molar-refractivity contribution in [2.24, 2.45) is 10.9 Å². The number of hydrogen-bond acceptors (Lipinski definition) is 5. The van der Waals surface area contributed by atoms with Gasteiger partial charge < -0.3 is 20.0 Å². The molecule has 4 rings (SSSR count). The molecule has 0 radical (unpaired) electrons. The van der Waals surface area contributed by atoms with Crippen molar-refractivity contribution in [3.05, 3.63) is 94.4 Å². The number of halogens is 3. The third kappa shape index (κ3) is 6.34. The molecule has 2 heterocycles. The molecule has 0 saturated heterocycles. The van der Waals surface area contributed by atoms with E-state index in [0.717, 1.165) is 22.4 Å². The van der Waals surface area contributed by atoms with E-state index in [-0.39, 0.29) is 25.1 Å². The average Bonchev–Trinajstić information content (AvgIpc) is 3.01. The molecule has 0 fully saturated rings. The Bertz CT molecular complexity index is 1410. The summed E-state index contributed by atoms with van der Waals surface area (Å²) in [5, 5.41) is 19.0. The summed E-state index contributed by atoms with van der Waals surface area (Å²) < 4.78 is 48.3. The fourth-order valence-corrected chi connectivity index (χ4v) is 4.33. The molecular weight excluding hydrogens is 503 g/mol. The van der Waals surface area contributed by atoms with Crippen LogP contribution in [0.15, 0.2) is 59.7 Å². The summed E-state index contributed by atoms with van der Waals surface area (Å²) in [6, 6.07) is 12.2. The molecule has 11 heteroatoms. The van der Waals surface area contributed by atoms with Crippen LogP contribution in [-0.2, 0) is 29.1 Å². The molecule has 200 valence electrons. The number of carbonyl (C=O) groups excluding carboxylic acids is 1. The monoisotopic (exact) mass is 529 g/mol. The van der Waals surface area contributed by atoms with E-state index in [0.29, 0.717) is 36.4 Å². The van der Waals surface area contributed by atoms with Gasteiger partial charge in [-0.2, -0.15) is 4.73 Å². The van der Waals surface area contributed by atoms with Crippen molar-refractivity contribution >= 4 is 11.9 Å². The van der Waals surface area contributed by atoms with Crippen molar-refractivity contribution < 1.29 is 37.8 Å². The maximum Gasteiger partial charge on any atom is 0.304 e. The number of carboxylic acid groups (broad SMARTS) is 1. The van der Waals surface area contributed by atoms with Gasteiger partial charge in [-0.05, 0) is 47.9 Å². The third-order valence-corrected chi connectivity index (χ3v) is 6.23. The lowest BCUT2D eigenvalue weighted by atomic mass is 9.94. The van der Waals surface area contributed by atoms with E-state index in [1.54, 1.807) is 36.4 Å². The Balaban J connectivity index is 1.50. The second-order valence-electron chi connectivity index (χ2n) is 8.95. The number of pyridine rings is 1. The zero-order chi connectivity index (χ0) is 27.2. The van der Waals surface area contributed by atoms with E-state index in [1.165, 1.54) is 11.1 Å². The van der Waals surface area contributed by atoms with Crippen LogP contribution in [0.5, 0.6) is 5.75 Å². The lowest BCUT2D eigenvalue weighted by molar-refractivity contribution is -0.144. The Hall–Kier alpha value is -4.28. The van der Waals surface area contributed by atoms with E-state index in [4.69, 9.17) is 4.74 Å². The lowest BCUT2D eigenvalue weighted by Crippen LogP contribution is -2.35. The molecule has 0 saturated carbocycles. The van der Waals surface area contributed by atoms with Crippen LogP contribution >= 0.6 is 0 Å².